The Hall–Kier alpha value is -3.45. The largest absolute Gasteiger partial charge is 0.378 e. The molecule has 1 amide bonds. The van der Waals surface area contributed by atoms with Crippen molar-refractivity contribution in [1.82, 2.24) is 9.97 Å². The maximum absolute atomic E-state index is 11.0. The molecule has 0 atom stereocenters. The topological polar surface area (TPSA) is 93.4 Å². The third kappa shape index (κ3) is 4.89. The van der Waals surface area contributed by atoms with Gasteiger partial charge in [-0.1, -0.05) is 24.3 Å². The van der Waals surface area contributed by atoms with Gasteiger partial charge in [-0.3, -0.25) is 4.79 Å². The number of morpholine rings is 1. The molecule has 3 N–H and O–H groups in total. The number of nitrogens with one attached hydrogen (secondary N) is 1. The fourth-order valence-corrected chi connectivity index (χ4v) is 3.28. The minimum atomic E-state index is -0.342. The van der Waals surface area contributed by atoms with Crippen LogP contribution in [-0.4, -0.2) is 42.2 Å². The molecule has 148 valence electrons. The van der Waals surface area contributed by atoms with Gasteiger partial charge in [0.05, 0.1) is 25.3 Å². The number of nitrogens with two attached hydrogens (primary N) is 1. The second-order valence-corrected chi connectivity index (χ2v) is 6.88. The standard InChI is InChI=1S/C22H23N5O2/c23-21(28)15-16-1-3-17(4-2-16)20-9-10-24-22(26-20)25-18-5-7-19(8-6-18)27-11-13-29-14-12-27/h1-10H,11-15H2,(H2,23,28)(H,24,25,26). The van der Waals surface area contributed by atoms with E-state index in [1.807, 2.05) is 42.5 Å². The maximum Gasteiger partial charge on any atom is 0.227 e. The summed E-state index contributed by atoms with van der Waals surface area (Å²) in [5.74, 6) is 0.189. The number of anilines is 3. The van der Waals surface area contributed by atoms with Gasteiger partial charge >= 0.3 is 0 Å². The normalized spacial score (nSPS) is 13.9. The van der Waals surface area contributed by atoms with Crippen LogP contribution >= 0.6 is 0 Å². The summed E-state index contributed by atoms with van der Waals surface area (Å²) in [6, 6.07) is 17.7. The molecule has 0 saturated carbocycles. The number of aromatic nitrogens is 2. The van der Waals surface area contributed by atoms with Crippen molar-refractivity contribution in [2.45, 2.75) is 6.42 Å². The molecule has 2 aromatic carbocycles. The summed E-state index contributed by atoms with van der Waals surface area (Å²) < 4.78 is 5.40. The van der Waals surface area contributed by atoms with Gasteiger partial charge in [-0.25, -0.2) is 9.97 Å². The second kappa shape index (κ2) is 8.70. The first-order chi connectivity index (χ1) is 14.2. The Kier molecular flexibility index (Phi) is 5.67. The third-order valence-electron chi connectivity index (χ3n) is 4.78. The van der Waals surface area contributed by atoms with Crippen LogP contribution in [0.2, 0.25) is 0 Å². The van der Waals surface area contributed by atoms with Crippen LogP contribution in [0, 0.1) is 0 Å². The number of carbonyl (C=O) groups excluding carboxylic acids is 1. The number of carbonyl (C=O) groups is 1. The smallest absolute Gasteiger partial charge is 0.227 e. The molecule has 0 spiro atoms. The first-order valence-corrected chi connectivity index (χ1v) is 9.58. The maximum atomic E-state index is 11.0. The summed E-state index contributed by atoms with van der Waals surface area (Å²) >= 11 is 0. The van der Waals surface area contributed by atoms with Gasteiger partial charge in [0, 0.05) is 36.2 Å². The zero-order chi connectivity index (χ0) is 20.1. The molecule has 0 aliphatic carbocycles. The van der Waals surface area contributed by atoms with Gasteiger partial charge in [0.2, 0.25) is 11.9 Å². The zero-order valence-corrected chi connectivity index (χ0v) is 16.0. The van der Waals surface area contributed by atoms with Crippen molar-refractivity contribution < 1.29 is 9.53 Å². The van der Waals surface area contributed by atoms with Gasteiger partial charge in [-0.2, -0.15) is 0 Å². The summed E-state index contributed by atoms with van der Waals surface area (Å²) in [6.45, 7) is 3.36. The number of amides is 1. The van der Waals surface area contributed by atoms with Crippen LogP contribution in [0.15, 0.2) is 60.8 Å². The van der Waals surface area contributed by atoms with Gasteiger partial charge in [0.25, 0.3) is 0 Å². The Balaban J connectivity index is 1.45. The lowest BCUT2D eigenvalue weighted by molar-refractivity contribution is -0.117. The number of rotatable bonds is 6. The molecule has 4 rings (SSSR count). The average molecular weight is 389 g/mol. The van der Waals surface area contributed by atoms with Crippen LogP contribution in [0.1, 0.15) is 5.56 Å². The molecule has 2 heterocycles. The molecule has 7 nitrogen and oxygen atoms in total. The first-order valence-electron chi connectivity index (χ1n) is 9.58. The van der Waals surface area contributed by atoms with Crippen molar-refractivity contribution in [3.8, 4) is 11.3 Å². The van der Waals surface area contributed by atoms with E-state index in [4.69, 9.17) is 10.5 Å². The highest BCUT2D eigenvalue weighted by Gasteiger charge is 2.11. The van der Waals surface area contributed by atoms with Gasteiger partial charge in [0.15, 0.2) is 0 Å². The fraction of sp³-hybridized carbons (Fsp3) is 0.227. The average Bonchev–Trinajstić information content (AvgIpc) is 2.75. The number of benzene rings is 2. The van der Waals surface area contributed by atoms with Gasteiger partial charge < -0.3 is 20.7 Å². The zero-order valence-electron chi connectivity index (χ0n) is 16.0. The lowest BCUT2D eigenvalue weighted by atomic mass is 10.1. The number of nitrogens with zero attached hydrogens (tertiary/aromatic N) is 3. The van der Waals surface area contributed by atoms with Crippen molar-refractivity contribution in [1.29, 1.82) is 0 Å². The number of ether oxygens (including phenoxy) is 1. The van der Waals surface area contributed by atoms with Gasteiger partial charge in [-0.05, 0) is 35.9 Å². The Labute approximate surface area is 169 Å². The van der Waals surface area contributed by atoms with Gasteiger partial charge in [0.1, 0.15) is 0 Å². The quantitative estimate of drug-likeness (QED) is 0.673. The lowest BCUT2D eigenvalue weighted by Crippen LogP contribution is -2.36. The minimum Gasteiger partial charge on any atom is -0.378 e. The van der Waals surface area contributed by atoms with Crippen LogP contribution in [0.3, 0.4) is 0 Å². The molecule has 0 bridgehead atoms. The summed E-state index contributed by atoms with van der Waals surface area (Å²) in [5, 5.41) is 3.26. The number of hydrogen-bond acceptors (Lipinski definition) is 6. The molecule has 29 heavy (non-hydrogen) atoms. The van der Waals surface area contributed by atoms with Crippen molar-refractivity contribution in [3.05, 3.63) is 66.4 Å². The lowest BCUT2D eigenvalue weighted by Gasteiger charge is -2.28. The van der Waals surface area contributed by atoms with Crippen molar-refractivity contribution in [2.75, 3.05) is 36.5 Å². The molecule has 1 aromatic heterocycles. The molecular formula is C22H23N5O2. The van der Waals surface area contributed by atoms with Crippen LogP contribution in [0.4, 0.5) is 17.3 Å². The van der Waals surface area contributed by atoms with Crippen molar-refractivity contribution in [2.24, 2.45) is 5.73 Å². The van der Waals surface area contributed by atoms with E-state index in [1.54, 1.807) is 6.20 Å². The number of hydrogen-bond donors (Lipinski definition) is 2. The van der Waals surface area contributed by atoms with Crippen molar-refractivity contribution in [3.63, 3.8) is 0 Å². The summed E-state index contributed by atoms with van der Waals surface area (Å²) in [6.07, 6.45) is 1.96. The van der Waals surface area contributed by atoms with Crippen LogP contribution in [0.25, 0.3) is 11.3 Å². The molecule has 7 heteroatoms. The van der Waals surface area contributed by atoms with E-state index in [9.17, 15) is 4.79 Å². The molecule has 0 unspecified atom stereocenters. The van der Waals surface area contributed by atoms with E-state index >= 15 is 0 Å². The fourth-order valence-electron chi connectivity index (χ4n) is 3.28. The number of primary amides is 1. The third-order valence-corrected chi connectivity index (χ3v) is 4.78. The van der Waals surface area contributed by atoms with Crippen molar-refractivity contribution >= 4 is 23.2 Å². The predicted octanol–water partition coefficient (Wildman–Crippen LogP) is 2.75. The molecule has 1 saturated heterocycles. The summed E-state index contributed by atoms with van der Waals surface area (Å²) in [7, 11) is 0. The highest BCUT2D eigenvalue weighted by Crippen LogP contribution is 2.23. The molecule has 1 aliphatic heterocycles. The van der Waals surface area contributed by atoms with E-state index < -0.39 is 0 Å². The highest BCUT2D eigenvalue weighted by atomic mass is 16.5. The SMILES string of the molecule is NC(=O)Cc1ccc(-c2ccnc(Nc3ccc(N4CCOCC4)cc3)n2)cc1. The Morgan fingerprint density at radius 2 is 1.76 bits per heavy atom. The van der Waals surface area contributed by atoms with Crippen LogP contribution in [-0.2, 0) is 16.0 Å². The Morgan fingerprint density at radius 1 is 1.03 bits per heavy atom. The van der Waals surface area contributed by atoms with E-state index in [0.717, 1.165) is 48.8 Å². The Bertz CT molecular complexity index is 967. The molecular weight excluding hydrogens is 366 g/mol. The Morgan fingerprint density at radius 3 is 2.45 bits per heavy atom. The van der Waals surface area contributed by atoms with Gasteiger partial charge in [-0.15, -0.1) is 0 Å². The predicted molar refractivity (Wildman–Crippen MR) is 113 cm³/mol. The molecule has 0 radical (unpaired) electrons. The van der Waals surface area contributed by atoms with E-state index in [0.29, 0.717) is 5.95 Å². The van der Waals surface area contributed by atoms with E-state index in [1.165, 1.54) is 5.69 Å². The summed E-state index contributed by atoms with van der Waals surface area (Å²) in [4.78, 5) is 22.3. The molecule has 1 aliphatic rings. The highest BCUT2D eigenvalue weighted by molar-refractivity contribution is 5.77. The van der Waals surface area contributed by atoms with Crippen LogP contribution in [0.5, 0.6) is 0 Å². The molecule has 3 aromatic rings. The molecule has 1 fully saturated rings. The minimum absolute atomic E-state index is 0.233. The summed E-state index contributed by atoms with van der Waals surface area (Å²) in [5.41, 5.74) is 9.99. The second-order valence-electron chi connectivity index (χ2n) is 6.88. The van der Waals surface area contributed by atoms with E-state index in [2.05, 4.69) is 32.3 Å². The van der Waals surface area contributed by atoms with Crippen LogP contribution < -0.4 is 16.0 Å². The first kappa shape index (κ1) is 18.9. The van der Waals surface area contributed by atoms with E-state index in [-0.39, 0.29) is 12.3 Å². The monoisotopic (exact) mass is 389 g/mol.